The number of hydrogen-bond acceptors (Lipinski definition) is 7. The molecule has 0 saturated heterocycles. The Morgan fingerprint density at radius 2 is 1.60 bits per heavy atom. The Bertz CT molecular complexity index is 1760. The van der Waals surface area contributed by atoms with Gasteiger partial charge in [0.1, 0.15) is 11.4 Å². The van der Waals surface area contributed by atoms with E-state index in [-0.39, 0.29) is 12.2 Å². The number of amides is 2. The lowest BCUT2D eigenvalue weighted by Crippen LogP contribution is -2.35. The number of methoxy groups -OCH3 is 3. The molecule has 4 rings (SSSR count). The highest BCUT2D eigenvalue weighted by Gasteiger charge is 2.22. The predicted octanol–water partition coefficient (Wildman–Crippen LogP) is 3.45. The Morgan fingerprint density at radius 1 is 0.907 bits per heavy atom. The Morgan fingerprint density at radius 3 is 2.26 bits per heavy atom. The van der Waals surface area contributed by atoms with E-state index in [4.69, 9.17) is 14.2 Å². The highest BCUT2D eigenvalue weighted by molar-refractivity contribution is 7.87. The van der Waals surface area contributed by atoms with Crippen molar-refractivity contribution in [2.24, 2.45) is 0 Å². The van der Waals surface area contributed by atoms with Gasteiger partial charge in [0.2, 0.25) is 0 Å². The van der Waals surface area contributed by atoms with Crippen molar-refractivity contribution in [1.29, 1.82) is 0 Å². The summed E-state index contributed by atoms with van der Waals surface area (Å²) in [5.41, 5.74) is 2.02. The molecule has 0 bridgehead atoms. The van der Waals surface area contributed by atoms with E-state index in [1.807, 2.05) is 12.1 Å². The number of carbonyl (C=O) groups is 2. The first-order chi connectivity index (χ1) is 20.6. The van der Waals surface area contributed by atoms with Gasteiger partial charge in [-0.1, -0.05) is 24.3 Å². The summed E-state index contributed by atoms with van der Waals surface area (Å²) in [4.78, 5) is 26.7. The lowest BCUT2D eigenvalue weighted by Gasteiger charge is -2.13. The summed E-state index contributed by atoms with van der Waals surface area (Å²) < 4.78 is 44.1. The van der Waals surface area contributed by atoms with E-state index in [0.29, 0.717) is 45.7 Å². The number of nitrogens with zero attached hydrogens (tertiary/aromatic N) is 2. The summed E-state index contributed by atoms with van der Waals surface area (Å²) >= 11 is 0. The molecule has 0 aliphatic carbocycles. The van der Waals surface area contributed by atoms with Crippen LogP contribution in [-0.4, -0.2) is 70.5 Å². The number of fused-ring (bicyclic) bond motifs is 1. The Balaban J connectivity index is 1.67. The summed E-state index contributed by atoms with van der Waals surface area (Å²) in [7, 11) is 3.63. The van der Waals surface area contributed by atoms with E-state index >= 15 is 0 Å². The molecule has 43 heavy (non-hydrogen) atoms. The second kappa shape index (κ2) is 13.4. The summed E-state index contributed by atoms with van der Waals surface area (Å²) in [6, 6.07) is 18.8. The van der Waals surface area contributed by atoms with Crippen LogP contribution in [0, 0.1) is 0 Å². The fourth-order valence-corrected chi connectivity index (χ4v) is 5.37. The Kier molecular flexibility index (Phi) is 9.73. The summed E-state index contributed by atoms with van der Waals surface area (Å²) in [6.45, 7) is 0.251. The molecule has 0 aliphatic heterocycles. The van der Waals surface area contributed by atoms with Crippen LogP contribution in [0.2, 0.25) is 0 Å². The average Bonchev–Trinajstić information content (AvgIpc) is 3.39. The van der Waals surface area contributed by atoms with Gasteiger partial charge in [0.25, 0.3) is 11.8 Å². The SMILES string of the molecule is COc1ccc(C(=O)NC(=Cc2cn(S(=O)(=O)N(C)C)c3ccccc23)C(=O)NCCc2ccc(OC)c(OC)c2)cc1. The number of nitrogens with one attached hydrogen (secondary N) is 2. The van der Waals surface area contributed by atoms with Gasteiger partial charge in [0.05, 0.1) is 26.8 Å². The van der Waals surface area contributed by atoms with Gasteiger partial charge in [0, 0.05) is 43.4 Å². The monoisotopic (exact) mass is 606 g/mol. The molecule has 12 heteroatoms. The lowest BCUT2D eigenvalue weighted by molar-refractivity contribution is -0.117. The first-order valence-corrected chi connectivity index (χ1v) is 14.7. The topological polar surface area (TPSA) is 128 Å². The zero-order valence-corrected chi connectivity index (χ0v) is 25.4. The fraction of sp³-hybridized carbons (Fsp3) is 0.226. The van der Waals surface area contributed by atoms with Crippen LogP contribution < -0.4 is 24.8 Å². The van der Waals surface area contributed by atoms with Crippen LogP contribution in [0.4, 0.5) is 0 Å². The minimum atomic E-state index is -3.87. The Labute approximate surface area is 250 Å². The van der Waals surface area contributed by atoms with Crippen molar-refractivity contribution in [3.05, 3.63) is 95.3 Å². The summed E-state index contributed by atoms with van der Waals surface area (Å²) in [6.07, 6.45) is 3.37. The van der Waals surface area contributed by atoms with Crippen molar-refractivity contribution >= 4 is 39.0 Å². The molecule has 4 aromatic rings. The second-order valence-electron chi connectivity index (χ2n) is 9.62. The molecule has 1 heterocycles. The molecule has 3 aromatic carbocycles. The lowest BCUT2D eigenvalue weighted by atomic mass is 10.1. The summed E-state index contributed by atoms with van der Waals surface area (Å²) in [5, 5.41) is 6.13. The molecule has 11 nitrogen and oxygen atoms in total. The number of benzene rings is 3. The molecular weight excluding hydrogens is 572 g/mol. The fourth-order valence-electron chi connectivity index (χ4n) is 4.36. The molecule has 0 spiro atoms. The predicted molar refractivity (Wildman–Crippen MR) is 165 cm³/mol. The molecule has 0 unspecified atom stereocenters. The van der Waals surface area contributed by atoms with Gasteiger partial charge in [-0.15, -0.1) is 0 Å². The van der Waals surface area contributed by atoms with Crippen molar-refractivity contribution < 1.29 is 32.2 Å². The third kappa shape index (κ3) is 6.99. The molecule has 0 radical (unpaired) electrons. The van der Waals surface area contributed by atoms with E-state index in [2.05, 4.69) is 10.6 Å². The van der Waals surface area contributed by atoms with Crippen LogP contribution >= 0.6 is 0 Å². The Hall–Kier alpha value is -4.81. The van der Waals surface area contributed by atoms with E-state index in [1.165, 1.54) is 33.5 Å². The van der Waals surface area contributed by atoms with Crippen LogP contribution in [0.1, 0.15) is 21.5 Å². The summed E-state index contributed by atoms with van der Waals surface area (Å²) in [5.74, 6) is 0.679. The van der Waals surface area contributed by atoms with Gasteiger partial charge in [-0.3, -0.25) is 9.59 Å². The molecule has 0 fully saturated rings. The van der Waals surface area contributed by atoms with Crippen LogP contribution in [0.15, 0.2) is 78.6 Å². The first kappa shape index (κ1) is 31.1. The molecule has 0 saturated carbocycles. The molecule has 2 amide bonds. The van der Waals surface area contributed by atoms with E-state index in [9.17, 15) is 18.0 Å². The van der Waals surface area contributed by atoms with Crippen LogP contribution in [-0.2, 0) is 21.4 Å². The normalized spacial score (nSPS) is 11.8. The molecule has 226 valence electrons. The number of carbonyl (C=O) groups excluding carboxylic acids is 2. The van der Waals surface area contributed by atoms with Crippen LogP contribution in [0.25, 0.3) is 17.0 Å². The van der Waals surface area contributed by atoms with Gasteiger partial charge < -0.3 is 24.8 Å². The minimum Gasteiger partial charge on any atom is -0.497 e. The van der Waals surface area contributed by atoms with Gasteiger partial charge in [-0.05, 0) is 60.5 Å². The molecule has 0 aliphatic rings. The molecule has 2 N–H and O–H groups in total. The number of hydrogen-bond donors (Lipinski definition) is 2. The van der Waals surface area contributed by atoms with Gasteiger partial charge >= 0.3 is 10.2 Å². The average molecular weight is 607 g/mol. The highest BCUT2D eigenvalue weighted by atomic mass is 32.2. The van der Waals surface area contributed by atoms with Crippen molar-refractivity contribution in [2.75, 3.05) is 42.0 Å². The van der Waals surface area contributed by atoms with Crippen molar-refractivity contribution in [1.82, 2.24) is 18.9 Å². The number of ether oxygens (including phenoxy) is 3. The maximum atomic E-state index is 13.5. The maximum absolute atomic E-state index is 13.5. The minimum absolute atomic E-state index is 0.0571. The third-order valence-electron chi connectivity index (χ3n) is 6.71. The number of aromatic nitrogens is 1. The smallest absolute Gasteiger partial charge is 0.307 e. The largest absolute Gasteiger partial charge is 0.497 e. The molecule has 1 aromatic heterocycles. The van der Waals surface area contributed by atoms with Crippen molar-refractivity contribution in [3.63, 3.8) is 0 Å². The van der Waals surface area contributed by atoms with Gasteiger partial charge in [-0.2, -0.15) is 12.7 Å². The highest BCUT2D eigenvalue weighted by Crippen LogP contribution is 2.28. The standard InChI is InChI=1S/C31H34N4O7S/c1-34(2)43(38,39)35-20-23(25-8-6-7-9-27(25)35)19-26(33-30(36)22-11-13-24(40-3)14-12-22)31(37)32-17-16-21-10-15-28(41-4)29(18-21)42-5/h6-15,18-20H,16-17H2,1-5H3,(H,32,37)(H,33,36). The van der Waals surface area contributed by atoms with Gasteiger partial charge in [0.15, 0.2) is 11.5 Å². The van der Waals surface area contributed by atoms with Crippen molar-refractivity contribution in [3.8, 4) is 17.2 Å². The van der Waals surface area contributed by atoms with E-state index in [0.717, 1.165) is 13.8 Å². The van der Waals surface area contributed by atoms with Crippen LogP contribution in [0.5, 0.6) is 17.2 Å². The quantitative estimate of drug-likeness (QED) is 0.237. The van der Waals surface area contributed by atoms with Crippen molar-refractivity contribution in [2.45, 2.75) is 6.42 Å². The van der Waals surface area contributed by atoms with E-state index in [1.54, 1.807) is 68.8 Å². The third-order valence-corrected chi connectivity index (χ3v) is 8.43. The van der Waals surface area contributed by atoms with E-state index < -0.39 is 22.0 Å². The number of rotatable bonds is 12. The van der Waals surface area contributed by atoms with Gasteiger partial charge in [-0.25, -0.2) is 3.97 Å². The zero-order chi connectivity index (χ0) is 31.1. The zero-order valence-electron chi connectivity index (χ0n) is 24.6. The molecule has 0 atom stereocenters. The first-order valence-electron chi connectivity index (χ1n) is 13.3. The van der Waals surface area contributed by atoms with Crippen LogP contribution in [0.3, 0.4) is 0 Å². The second-order valence-corrected chi connectivity index (χ2v) is 11.6. The molecular formula is C31H34N4O7S. The maximum Gasteiger partial charge on any atom is 0.307 e. The number of para-hydroxylation sites is 1.